The van der Waals surface area contributed by atoms with Crippen molar-refractivity contribution in [3.63, 3.8) is 0 Å². The number of rotatable bonds is 4. The number of nitrogens with one attached hydrogen (secondary N) is 1. The number of methoxy groups -OCH3 is 2. The number of nitriles is 3. The lowest BCUT2D eigenvalue weighted by atomic mass is 9.53. The molecule has 0 spiro atoms. The summed E-state index contributed by atoms with van der Waals surface area (Å²) in [7, 11) is 2.85. The zero-order valence-corrected chi connectivity index (χ0v) is 19.9. The normalized spacial score (nSPS) is 28.7. The van der Waals surface area contributed by atoms with Crippen LogP contribution in [-0.2, 0) is 15.3 Å². The lowest BCUT2D eigenvalue weighted by Crippen LogP contribution is -2.57. The lowest BCUT2D eigenvalue weighted by molar-refractivity contribution is -0.288. The Kier molecular flexibility index (Phi) is 5.62. The van der Waals surface area contributed by atoms with Crippen LogP contribution in [0.25, 0.3) is 0 Å². The first kappa shape index (κ1) is 23.7. The summed E-state index contributed by atoms with van der Waals surface area (Å²) in [5, 5.41) is 40.4. The number of fused-ring (bicyclic) bond motifs is 2. The number of nitrogens with zero attached hydrogens (tertiary/aromatic N) is 3. The first-order valence-electron chi connectivity index (χ1n) is 10.1. The summed E-state index contributed by atoms with van der Waals surface area (Å²) >= 11 is 12.6. The highest BCUT2D eigenvalue weighted by molar-refractivity contribution is 6.35. The van der Waals surface area contributed by atoms with Gasteiger partial charge >= 0.3 is 0 Å². The SMILES string of the molecule is COc1cccc(C2OC3(c4ccc(Cl)cc4Cl)OC(=N)C(C#N)(C3C)C2(C#N)C#N)c1OC. The molecule has 2 saturated heterocycles. The predicted molar refractivity (Wildman–Crippen MR) is 121 cm³/mol. The quantitative estimate of drug-likeness (QED) is 0.620. The van der Waals surface area contributed by atoms with E-state index in [1.54, 1.807) is 37.3 Å². The van der Waals surface area contributed by atoms with Crippen LogP contribution in [0.5, 0.6) is 11.5 Å². The second-order valence-electron chi connectivity index (χ2n) is 7.98. The van der Waals surface area contributed by atoms with Gasteiger partial charge in [-0.05, 0) is 24.3 Å². The molecule has 0 aromatic heterocycles. The van der Waals surface area contributed by atoms with Crippen molar-refractivity contribution in [2.75, 3.05) is 14.2 Å². The van der Waals surface area contributed by atoms with E-state index in [0.29, 0.717) is 16.3 Å². The van der Waals surface area contributed by atoms with Crippen LogP contribution in [0.2, 0.25) is 10.0 Å². The minimum atomic E-state index is -2.17. The molecule has 4 atom stereocenters. The maximum atomic E-state index is 10.4. The molecule has 0 aliphatic carbocycles. The third-order valence-corrected chi connectivity index (χ3v) is 7.24. The maximum Gasteiger partial charge on any atom is 0.245 e. The van der Waals surface area contributed by atoms with Crippen molar-refractivity contribution < 1.29 is 18.9 Å². The molecule has 10 heteroatoms. The average Bonchev–Trinajstić information content (AvgIpc) is 2.99. The Morgan fingerprint density at radius 1 is 1.03 bits per heavy atom. The van der Waals surface area contributed by atoms with Gasteiger partial charge in [-0.3, -0.25) is 5.41 Å². The second kappa shape index (κ2) is 8.08. The monoisotopic (exact) mass is 496 g/mol. The van der Waals surface area contributed by atoms with Gasteiger partial charge in [0.15, 0.2) is 16.9 Å². The molecule has 2 aromatic rings. The molecule has 4 unspecified atom stereocenters. The van der Waals surface area contributed by atoms with Gasteiger partial charge in [-0.15, -0.1) is 0 Å². The van der Waals surface area contributed by atoms with Gasteiger partial charge in [0.2, 0.25) is 17.1 Å². The van der Waals surface area contributed by atoms with Gasteiger partial charge in [0.05, 0.1) is 43.4 Å². The van der Waals surface area contributed by atoms with Crippen molar-refractivity contribution in [1.82, 2.24) is 0 Å². The molecule has 0 amide bonds. The molecule has 1 N–H and O–H groups in total. The first-order chi connectivity index (χ1) is 16.2. The Morgan fingerprint density at radius 3 is 2.29 bits per heavy atom. The molecule has 8 nitrogen and oxygen atoms in total. The number of halogens is 2. The number of para-hydroxylation sites is 1. The van der Waals surface area contributed by atoms with Crippen LogP contribution in [0.1, 0.15) is 24.2 Å². The average molecular weight is 497 g/mol. The van der Waals surface area contributed by atoms with Crippen LogP contribution in [-0.4, -0.2) is 20.1 Å². The van der Waals surface area contributed by atoms with Crippen molar-refractivity contribution in [1.29, 1.82) is 21.2 Å². The summed E-state index contributed by atoms with van der Waals surface area (Å²) in [4.78, 5) is 0. The predicted octanol–water partition coefficient (Wildman–Crippen LogP) is 5.12. The van der Waals surface area contributed by atoms with Crippen LogP contribution in [0.15, 0.2) is 36.4 Å². The van der Waals surface area contributed by atoms with E-state index in [9.17, 15) is 15.8 Å². The first-order valence-corrected chi connectivity index (χ1v) is 10.8. The van der Waals surface area contributed by atoms with Crippen molar-refractivity contribution in [2.45, 2.75) is 18.8 Å². The fourth-order valence-electron chi connectivity index (χ4n) is 5.01. The van der Waals surface area contributed by atoms with E-state index in [4.69, 9.17) is 47.6 Å². The molecule has 0 saturated carbocycles. The standard InChI is InChI=1S/C24H18Cl2N4O4/c1-13-23(12-29)21(30)34-24(13,16-8-7-14(25)9-17(16)26)33-20(22(23,10-27)11-28)15-5-4-6-18(31-2)19(15)32-3/h4-9,13,20,30H,1-3H3. The zero-order valence-electron chi connectivity index (χ0n) is 18.3. The summed E-state index contributed by atoms with van der Waals surface area (Å²) < 4.78 is 23.4. The van der Waals surface area contributed by atoms with Crippen LogP contribution in [0, 0.1) is 56.2 Å². The van der Waals surface area contributed by atoms with Gasteiger partial charge in [-0.2, -0.15) is 15.8 Å². The Balaban J connectivity index is 2.10. The molecule has 2 aliphatic heterocycles. The molecule has 2 bridgehead atoms. The van der Waals surface area contributed by atoms with Crippen molar-refractivity contribution in [2.24, 2.45) is 16.7 Å². The Bertz CT molecular complexity index is 1310. The molecule has 0 radical (unpaired) electrons. The highest BCUT2D eigenvalue weighted by atomic mass is 35.5. The molecule has 2 fully saturated rings. The van der Waals surface area contributed by atoms with Gasteiger partial charge in [-0.1, -0.05) is 42.3 Å². The molecule has 172 valence electrons. The van der Waals surface area contributed by atoms with E-state index in [2.05, 4.69) is 6.07 Å². The minimum Gasteiger partial charge on any atom is -0.493 e. The molecule has 2 aliphatic rings. The van der Waals surface area contributed by atoms with E-state index in [1.165, 1.54) is 20.3 Å². The summed E-state index contributed by atoms with van der Waals surface area (Å²) in [5.74, 6) is -2.73. The van der Waals surface area contributed by atoms with Crippen LogP contribution < -0.4 is 9.47 Å². The number of hydrogen-bond donors (Lipinski definition) is 1. The van der Waals surface area contributed by atoms with Gasteiger partial charge in [0.1, 0.15) is 6.10 Å². The Hall–Kier alpha value is -3.48. The second-order valence-corrected chi connectivity index (χ2v) is 8.82. The Morgan fingerprint density at radius 2 is 1.74 bits per heavy atom. The number of hydrogen-bond acceptors (Lipinski definition) is 8. The number of benzene rings is 2. The summed E-state index contributed by atoms with van der Waals surface area (Å²) in [6.07, 6.45) is -1.38. The van der Waals surface area contributed by atoms with Crippen molar-refractivity contribution in [3.8, 4) is 29.7 Å². The van der Waals surface area contributed by atoms with E-state index in [-0.39, 0.29) is 16.3 Å². The smallest absolute Gasteiger partial charge is 0.245 e. The minimum absolute atomic E-state index is 0.179. The highest BCUT2D eigenvalue weighted by Gasteiger charge is 2.80. The van der Waals surface area contributed by atoms with Crippen molar-refractivity contribution >= 4 is 29.1 Å². The molecule has 4 rings (SSSR count). The largest absolute Gasteiger partial charge is 0.493 e. The van der Waals surface area contributed by atoms with Crippen molar-refractivity contribution in [3.05, 3.63) is 57.6 Å². The summed E-state index contributed by atoms with van der Waals surface area (Å²) in [6.45, 7) is 1.60. The van der Waals surface area contributed by atoms with Gasteiger partial charge in [0, 0.05) is 16.1 Å². The van der Waals surface area contributed by atoms with E-state index < -0.39 is 34.5 Å². The van der Waals surface area contributed by atoms with E-state index in [1.807, 2.05) is 12.1 Å². The topological polar surface area (TPSA) is 132 Å². The Labute approximate surface area is 206 Å². The van der Waals surface area contributed by atoms with Gasteiger partial charge < -0.3 is 18.9 Å². The van der Waals surface area contributed by atoms with Crippen LogP contribution in [0.4, 0.5) is 0 Å². The van der Waals surface area contributed by atoms with Gasteiger partial charge in [0.25, 0.3) is 0 Å². The summed E-state index contributed by atoms with van der Waals surface area (Å²) in [5.41, 5.74) is -3.57. The van der Waals surface area contributed by atoms with E-state index >= 15 is 0 Å². The fraction of sp³-hybridized carbons (Fsp3) is 0.333. The molecule has 2 heterocycles. The summed E-state index contributed by atoms with van der Waals surface area (Å²) in [6, 6.07) is 15.6. The van der Waals surface area contributed by atoms with Crippen LogP contribution >= 0.6 is 23.2 Å². The highest BCUT2D eigenvalue weighted by Crippen LogP contribution is 2.70. The maximum absolute atomic E-state index is 10.4. The van der Waals surface area contributed by atoms with E-state index in [0.717, 1.165) is 0 Å². The zero-order chi connectivity index (χ0) is 24.9. The fourth-order valence-corrected chi connectivity index (χ4v) is 5.55. The molecular formula is C24H18Cl2N4O4. The molecule has 34 heavy (non-hydrogen) atoms. The number of ether oxygens (including phenoxy) is 4. The van der Waals surface area contributed by atoms with Gasteiger partial charge in [-0.25, -0.2) is 0 Å². The third-order valence-electron chi connectivity index (χ3n) is 6.69. The van der Waals surface area contributed by atoms with Crippen LogP contribution in [0.3, 0.4) is 0 Å². The lowest BCUT2D eigenvalue weighted by Gasteiger charge is -2.49. The third kappa shape index (κ3) is 2.70. The molecule has 2 aromatic carbocycles. The molecular weight excluding hydrogens is 479 g/mol.